The number of likely N-dealkylation sites (tertiary alicyclic amines) is 2. The van der Waals surface area contributed by atoms with Crippen LogP contribution in [-0.4, -0.2) is 52.9 Å². The second kappa shape index (κ2) is 13.5. The summed E-state index contributed by atoms with van der Waals surface area (Å²) in [4.78, 5) is 29.6. The third kappa shape index (κ3) is 7.07. The monoisotopic (exact) mass is 639 g/mol. The van der Waals surface area contributed by atoms with Crippen LogP contribution in [0.25, 0.3) is 0 Å². The Labute approximate surface area is 259 Å². The third-order valence-corrected chi connectivity index (χ3v) is 8.81. The predicted octanol–water partition coefficient (Wildman–Crippen LogP) is 6.52. The van der Waals surface area contributed by atoms with E-state index in [0.717, 1.165) is 24.5 Å². The van der Waals surface area contributed by atoms with Gasteiger partial charge >= 0.3 is 6.18 Å². The second-order valence-electron chi connectivity index (χ2n) is 10.4. The minimum Gasteiger partial charge on any atom is -0.474 e. The number of rotatable bonds is 6. The normalized spacial score (nSPS) is 22.9. The summed E-state index contributed by atoms with van der Waals surface area (Å²) in [5.41, 5.74) is -0.450. The summed E-state index contributed by atoms with van der Waals surface area (Å²) < 4.78 is 46.3. The van der Waals surface area contributed by atoms with E-state index in [4.69, 9.17) is 4.74 Å². The number of alkyl halides is 3. The number of benzene rings is 1. The number of ether oxygens (including phenoxy) is 1. The summed E-state index contributed by atoms with van der Waals surface area (Å²) in [5, 5.41) is 1.31. The van der Waals surface area contributed by atoms with Crippen LogP contribution in [0.4, 0.5) is 13.2 Å². The van der Waals surface area contributed by atoms with E-state index in [2.05, 4.69) is 19.1 Å². The maximum absolute atomic E-state index is 14.3. The van der Waals surface area contributed by atoms with Crippen molar-refractivity contribution in [1.82, 2.24) is 9.80 Å². The molecule has 1 radical (unpaired) electrons. The van der Waals surface area contributed by atoms with E-state index in [1.165, 1.54) is 12.3 Å². The van der Waals surface area contributed by atoms with Crippen LogP contribution in [0.15, 0.2) is 35.7 Å². The van der Waals surface area contributed by atoms with Crippen LogP contribution in [0, 0.1) is 13.5 Å². The van der Waals surface area contributed by atoms with Gasteiger partial charge in [-0.3, -0.25) is 9.59 Å². The zero-order valence-electron chi connectivity index (χ0n) is 23.1. The van der Waals surface area contributed by atoms with Gasteiger partial charge in [0.15, 0.2) is 0 Å². The van der Waals surface area contributed by atoms with Gasteiger partial charge in [0.2, 0.25) is 11.5 Å². The van der Waals surface area contributed by atoms with Crippen molar-refractivity contribution >= 4 is 23.2 Å². The maximum Gasteiger partial charge on any atom is 0.425 e. The molecule has 2 amide bonds. The van der Waals surface area contributed by atoms with E-state index >= 15 is 0 Å². The molecule has 2 aliphatic rings. The molecule has 2 atom stereocenters. The molecule has 39 heavy (non-hydrogen) atoms. The topological polar surface area (TPSA) is 49.9 Å². The molecule has 0 unspecified atom stereocenters. The predicted molar refractivity (Wildman–Crippen MR) is 143 cm³/mol. The Bertz CT molecular complexity index is 1100. The van der Waals surface area contributed by atoms with Crippen LogP contribution in [0.1, 0.15) is 69.7 Å². The molecule has 213 valence electrons. The van der Waals surface area contributed by atoms with Crippen molar-refractivity contribution in [3.05, 3.63) is 59.6 Å². The van der Waals surface area contributed by atoms with Crippen molar-refractivity contribution in [3.8, 4) is 5.75 Å². The minimum absolute atomic E-state index is 0. The zero-order valence-corrected chi connectivity index (χ0v) is 26.8. The van der Waals surface area contributed by atoms with Crippen molar-refractivity contribution in [2.75, 3.05) is 19.6 Å². The minimum atomic E-state index is -4.49. The van der Waals surface area contributed by atoms with Crippen LogP contribution in [0.2, 0.25) is 0 Å². The molecular formula is C29H37F3N2O3SY-2. The SMILES string of the molecule is CCC[C@H]1N(C(C)=O)CCC[C@@]1(Oc1csc(C(F)(F)F)c1)C(=O)N1CCC(C)(c2[c-]cccc2)CC1.[CH3-].[Y]. The van der Waals surface area contributed by atoms with E-state index in [9.17, 15) is 22.8 Å². The van der Waals surface area contributed by atoms with E-state index < -0.39 is 22.7 Å². The van der Waals surface area contributed by atoms with Crippen LogP contribution in [0.3, 0.4) is 0 Å². The van der Waals surface area contributed by atoms with Gasteiger partial charge in [-0.05, 0) is 31.1 Å². The Morgan fingerprint density at radius 1 is 1.18 bits per heavy atom. The molecule has 2 saturated heterocycles. The number of hydrogen-bond acceptors (Lipinski definition) is 4. The zero-order chi connectivity index (χ0) is 26.8. The molecular weight excluding hydrogens is 602 g/mol. The summed E-state index contributed by atoms with van der Waals surface area (Å²) in [7, 11) is 0. The average molecular weight is 640 g/mol. The maximum atomic E-state index is 14.3. The van der Waals surface area contributed by atoms with E-state index in [1.807, 2.05) is 25.1 Å². The average Bonchev–Trinajstić information content (AvgIpc) is 3.35. The number of halogens is 3. The summed E-state index contributed by atoms with van der Waals surface area (Å²) in [6, 6.07) is 11.6. The fourth-order valence-corrected chi connectivity index (χ4v) is 6.46. The van der Waals surface area contributed by atoms with Crippen molar-refractivity contribution in [2.24, 2.45) is 0 Å². The standard InChI is InChI=1S/C28H34F3N2O3S.CH3.Y/c1-4-9-23-27(12-8-15-33(23)20(2)34,36-22-18-24(37-19-22)28(29,30)31)25(35)32-16-13-26(3,14-17-32)21-10-6-5-7-11-21;;/h5-7,10,18-19,23H,4,8-9,12-17H2,1-3H3;1H3;/q2*-1;/t23-,27+;;/m1../s1. The Morgan fingerprint density at radius 3 is 2.41 bits per heavy atom. The molecule has 10 heteroatoms. The summed E-state index contributed by atoms with van der Waals surface area (Å²) in [5.74, 6) is -0.375. The molecule has 2 fully saturated rings. The molecule has 1 aromatic heterocycles. The smallest absolute Gasteiger partial charge is 0.425 e. The first-order chi connectivity index (χ1) is 17.5. The first-order valence-electron chi connectivity index (χ1n) is 12.9. The molecule has 3 heterocycles. The number of nitrogens with zero attached hydrogens (tertiary/aromatic N) is 2. The summed E-state index contributed by atoms with van der Waals surface area (Å²) in [6.07, 6.45) is -0.917. The quantitative estimate of drug-likeness (QED) is 0.338. The molecule has 0 spiro atoms. The number of carbonyl (C=O) groups excluding carboxylic acids is 2. The Kier molecular flexibility index (Phi) is 11.7. The molecule has 0 saturated carbocycles. The number of amides is 2. The molecule has 4 rings (SSSR count). The molecule has 0 aliphatic carbocycles. The van der Waals surface area contributed by atoms with Gasteiger partial charge in [0.1, 0.15) is 10.6 Å². The largest absolute Gasteiger partial charge is 0.474 e. The molecule has 2 aromatic rings. The summed E-state index contributed by atoms with van der Waals surface area (Å²) in [6.45, 7) is 7.11. The van der Waals surface area contributed by atoms with Gasteiger partial charge in [-0.25, -0.2) is 0 Å². The fourth-order valence-electron chi connectivity index (χ4n) is 5.78. The number of carbonyl (C=O) groups is 2. The third-order valence-electron chi connectivity index (χ3n) is 7.86. The number of hydrogen-bond donors (Lipinski definition) is 0. The van der Waals surface area contributed by atoms with E-state index in [1.54, 1.807) is 9.80 Å². The van der Waals surface area contributed by atoms with Gasteiger partial charge < -0.3 is 22.0 Å². The van der Waals surface area contributed by atoms with Gasteiger partial charge in [-0.1, -0.05) is 20.3 Å². The molecule has 0 N–H and O–H groups in total. The van der Waals surface area contributed by atoms with Gasteiger partial charge in [-0.15, -0.1) is 11.3 Å². The fraction of sp³-hybridized carbons (Fsp3) is 0.552. The summed E-state index contributed by atoms with van der Waals surface area (Å²) >= 11 is 0.551. The first kappa shape index (κ1) is 33.8. The van der Waals surface area contributed by atoms with Gasteiger partial charge in [-0.2, -0.15) is 49.1 Å². The molecule has 5 nitrogen and oxygen atoms in total. The van der Waals surface area contributed by atoms with Gasteiger partial charge in [0.05, 0.1) is 6.04 Å². The molecule has 2 aliphatic heterocycles. The second-order valence-corrected chi connectivity index (χ2v) is 11.3. The van der Waals surface area contributed by atoms with Crippen LogP contribution < -0.4 is 4.74 Å². The Morgan fingerprint density at radius 2 is 1.87 bits per heavy atom. The van der Waals surface area contributed by atoms with Gasteiger partial charge in [0.25, 0.3) is 5.91 Å². The van der Waals surface area contributed by atoms with Crippen molar-refractivity contribution < 1.29 is 60.2 Å². The van der Waals surface area contributed by atoms with E-state index in [0.29, 0.717) is 56.7 Å². The van der Waals surface area contributed by atoms with Crippen LogP contribution in [-0.2, 0) is 53.9 Å². The molecule has 1 aromatic carbocycles. The Balaban J connectivity index is 0.00000267. The van der Waals surface area contributed by atoms with Crippen molar-refractivity contribution in [3.63, 3.8) is 0 Å². The van der Waals surface area contributed by atoms with Crippen molar-refractivity contribution in [1.29, 1.82) is 0 Å². The number of thiophene rings is 1. The van der Waals surface area contributed by atoms with Crippen LogP contribution in [0.5, 0.6) is 5.75 Å². The van der Waals surface area contributed by atoms with Crippen molar-refractivity contribution in [2.45, 2.75) is 82.5 Å². The first-order valence-corrected chi connectivity index (χ1v) is 13.8. The Hall–Kier alpha value is -1.45. The van der Waals surface area contributed by atoms with E-state index in [-0.39, 0.29) is 63.1 Å². The molecule has 0 bridgehead atoms. The van der Waals surface area contributed by atoms with Crippen LogP contribution >= 0.6 is 11.3 Å². The van der Waals surface area contributed by atoms with Gasteiger partial charge in [0, 0.05) is 77.1 Å². The number of piperidine rings is 2.